The lowest BCUT2D eigenvalue weighted by Crippen LogP contribution is -2.66. The third-order valence-electron chi connectivity index (χ3n) is 14.8. The van der Waals surface area contributed by atoms with Crippen molar-refractivity contribution in [2.45, 2.75) is 298 Å². The summed E-state index contributed by atoms with van der Waals surface area (Å²) in [5.41, 5.74) is 0. The molecule has 12 N–H and O–H groups in total. The molecule has 1 amide bonds. The molecule has 0 spiro atoms. The van der Waals surface area contributed by atoms with E-state index in [1.807, 2.05) is 0 Å². The van der Waals surface area contributed by atoms with Crippen molar-refractivity contribution in [1.82, 2.24) is 5.32 Å². The van der Waals surface area contributed by atoms with Gasteiger partial charge in [-0.25, -0.2) is 0 Å². The number of aliphatic hydroxyl groups is 11. The molecule has 19 heteroatoms. The molecule has 75 heavy (non-hydrogen) atoms. The van der Waals surface area contributed by atoms with Gasteiger partial charge in [0.1, 0.15) is 73.2 Å². The monoisotopic (exact) mass is 1080 g/mol. The third kappa shape index (κ3) is 25.1. The molecule has 0 aromatic carbocycles. The molecule has 0 saturated carbocycles. The molecule has 3 aliphatic heterocycles. The number of hydrogen-bond donors (Lipinski definition) is 12. The molecule has 17 atom stereocenters. The Morgan fingerprint density at radius 1 is 0.480 bits per heavy atom. The number of allylic oxidation sites excluding steroid dienone is 4. The number of ether oxygens (including phenoxy) is 6. The fourth-order valence-electron chi connectivity index (χ4n) is 9.93. The molecule has 0 bridgehead atoms. The second-order valence-electron chi connectivity index (χ2n) is 21.1. The summed E-state index contributed by atoms with van der Waals surface area (Å²) < 4.78 is 34.3. The first-order valence-corrected chi connectivity index (χ1v) is 29.1. The van der Waals surface area contributed by atoms with Crippen LogP contribution in [0.4, 0.5) is 0 Å². The number of nitrogens with one attached hydrogen (secondary N) is 1. The molecule has 3 saturated heterocycles. The first-order valence-electron chi connectivity index (χ1n) is 29.1. The predicted octanol–water partition coefficient (Wildman–Crippen LogP) is 4.37. The number of rotatable bonds is 42. The molecular weight excluding hydrogens is 975 g/mol. The van der Waals surface area contributed by atoms with Gasteiger partial charge in [-0.05, 0) is 44.9 Å². The van der Waals surface area contributed by atoms with E-state index in [1.165, 1.54) is 89.9 Å². The van der Waals surface area contributed by atoms with Gasteiger partial charge >= 0.3 is 0 Å². The van der Waals surface area contributed by atoms with Gasteiger partial charge in [0, 0.05) is 6.42 Å². The Morgan fingerprint density at radius 2 is 0.880 bits per heavy atom. The molecule has 3 fully saturated rings. The summed E-state index contributed by atoms with van der Waals surface area (Å²) in [5.74, 6) is -0.257. The molecule has 17 unspecified atom stereocenters. The molecule has 3 rings (SSSR count). The summed E-state index contributed by atoms with van der Waals surface area (Å²) in [6.45, 7) is 1.75. The van der Waals surface area contributed by atoms with E-state index in [4.69, 9.17) is 28.4 Å². The highest BCUT2D eigenvalue weighted by atomic mass is 16.8. The lowest BCUT2D eigenvalue weighted by Gasteiger charge is -2.48. The van der Waals surface area contributed by atoms with Gasteiger partial charge in [-0.1, -0.05) is 167 Å². The lowest BCUT2D eigenvalue weighted by molar-refractivity contribution is -0.379. The number of unbranched alkanes of at least 4 members (excludes halogenated alkanes) is 22. The Morgan fingerprint density at radius 3 is 1.37 bits per heavy atom. The van der Waals surface area contributed by atoms with Crippen LogP contribution < -0.4 is 5.32 Å². The molecule has 0 aliphatic carbocycles. The third-order valence-corrected chi connectivity index (χ3v) is 14.8. The molecule has 0 aromatic rings. The summed E-state index contributed by atoms with van der Waals surface area (Å²) >= 11 is 0. The second-order valence-corrected chi connectivity index (χ2v) is 21.1. The van der Waals surface area contributed by atoms with E-state index in [0.29, 0.717) is 12.8 Å². The lowest BCUT2D eigenvalue weighted by atomic mass is 9.96. The zero-order valence-electron chi connectivity index (χ0n) is 45.5. The summed E-state index contributed by atoms with van der Waals surface area (Å²) in [6, 6.07) is -0.891. The quantitative estimate of drug-likeness (QED) is 0.0298. The van der Waals surface area contributed by atoms with Gasteiger partial charge < -0.3 is 89.9 Å². The Hall–Kier alpha value is -1.73. The second kappa shape index (κ2) is 40.4. The van der Waals surface area contributed by atoms with Crippen molar-refractivity contribution >= 4 is 5.91 Å². The van der Waals surface area contributed by atoms with Crippen molar-refractivity contribution in [1.29, 1.82) is 0 Å². The standard InChI is InChI=1S/C56H103NO18/c1-3-5-7-9-11-13-15-17-19-20-22-24-26-28-30-32-34-44(62)57-39(40(61)33-31-29-27-25-23-21-18-16-14-12-10-8-6-4-2)38-70-54-50(68)47(65)52(42(36-59)72-54)75-56-51(69)48(66)53(43(37-60)73-56)74-55-49(67)46(64)45(63)41(35-58)71-55/h13,15,19-20,39-43,45-56,58-61,63-69H,3-12,14,16-18,21-38H2,1-2H3,(H,57,62)/b15-13-,20-19-. The molecule has 440 valence electrons. The molecular formula is C56H103NO18. The fraction of sp³-hybridized carbons (Fsp3) is 0.911. The highest BCUT2D eigenvalue weighted by molar-refractivity contribution is 5.76. The average Bonchev–Trinajstić information content (AvgIpc) is 3.41. The average molecular weight is 1080 g/mol. The van der Waals surface area contributed by atoms with Crippen LogP contribution in [0.1, 0.15) is 194 Å². The molecule has 3 heterocycles. The number of amides is 1. The van der Waals surface area contributed by atoms with E-state index in [2.05, 4.69) is 43.5 Å². The zero-order valence-corrected chi connectivity index (χ0v) is 45.5. The Bertz CT molecular complexity index is 1480. The van der Waals surface area contributed by atoms with Crippen LogP contribution in [0, 0.1) is 0 Å². The highest BCUT2D eigenvalue weighted by Gasteiger charge is 2.53. The Labute approximate surface area is 448 Å². The van der Waals surface area contributed by atoms with Gasteiger partial charge in [0.05, 0.1) is 38.6 Å². The molecule has 0 aromatic heterocycles. The normalized spacial score (nSPS) is 31.3. The van der Waals surface area contributed by atoms with E-state index in [1.54, 1.807) is 0 Å². The molecule has 19 nitrogen and oxygen atoms in total. The first kappa shape index (κ1) is 67.5. The van der Waals surface area contributed by atoms with Gasteiger partial charge in [-0.3, -0.25) is 4.79 Å². The smallest absolute Gasteiger partial charge is 0.220 e. The van der Waals surface area contributed by atoms with E-state index in [-0.39, 0.29) is 18.9 Å². The number of aliphatic hydroxyl groups excluding tert-OH is 11. The van der Waals surface area contributed by atoms with E-state index in [9.17, 15) is 61.0 Å². The molecule has 0 radical (unpaired) electrons. The van der Waals surface area contributed by atoms with Crippen molar-refractivity contribution in [3.8, 4) is 0 Å². The van der Waals surface area contributed by atoms with Crippen LogP contribution in [0.3, 0.4) is 0 Å². The van der Waals surface area contributed by atoms with E-state index in [0.717, 1.165) is 70.6 Å². The van der Waals surface area contributed by atoms with Crippen LogP contribution in [0.15, 0.2) is 24.3 Å². The van der Waals surface area contributed by atoms with E-state index >= 15 is 0 Å². The number of carbonyl (C=O) groups excluding carboxylic acids is 1. The predicted molar refractivity (Wildman–Crippen MR) is 282 cm³/mol. The zero-order chi connectivity index (χ0) is 54.8. The van der Waals surface area contributed by atoms with Crippen molar-refractivity contribution < 1.29 is 89.4 Å². The van der Waals surface area contributed by atoms with Crippen molar-refractivity contribution in [2.24, 2.45) is 0 Å². The summed E-state index contributed by atoms with van der Waals surface area (Å²) in [4.78, 5) is 13.3. The Kier molecular flexibility index (Phi) is 36.4. The maximum Gasteiger partial charge on any atom is 0.220 e. The summed E-state index contributed by atoms with van der Waals surface area (Å²) in [7, 11) is 0. The van der Waals surface area contributed by atoms with Crippen LogP contribution in [0.5, 0.6) is 0 Å². The van der Waals surface area contributed by atoms with Crippen LogP contribution in [-0.2, 0) is 33.2 Å². The first-order chi connectivity index (χ1) is 36.3. The Balaban J connectivity index is 1.52. The minimum atomic E-state index is -1.97. The van der Waals surface area contributed by atoms with Gasteiger partial charge in [-0.2, -0.15) is 0 Å². The SMILES string of the molecule is CCCCCC/C=C\C/C=C\CCCCCCCC(=O)NC(COC1OC(CO)C(OC2OC(CO)C(OC3OC(CO)C(O)C(O)C3O)C(O)C2O)C(O)C1O)C(O)CCCCCCCCCCCCCCCC. The number of carbonyl (C=O) groups is 1. The minimum Gasteiger partial charge on any atom is -0.394 e. The van der Waals surface area contributed by atoms with Crippen molar-refractivity contribution in [2.75, 3.05) is 26.4 Å². The van der Waals surface area contributed by atoms with Crippen LogP contribution >= 0.6 is 0 Å². The number of hydrogen-bond acceptors (Lipinski definition) is 18. The summed E-state index contributed by atoms with van der Waals surface area (Å²) in [5, 5.41) is 120. The van der Waals surface area contributed by atoms with Gasteiger partial charge in [0.25, 0.3) is 0 Å². The maximum absolute atomic E-state index is 13.3. The summed E-state index contributed by atoms with van der Waals surface area (Å²) in [6.07, 6.45) is 12.6. The van der Waals surface area contributed by atoms with Crippen LogP contribution in [0.25, 0.3) is 0 Å². The van der Waals surface area contributed by atoms with Crippen LogP contribution in [0.2, 0.25) is 0 Å². The van der Waals surface area contributed by atoms with Gasteiger partial charge in [-0.15, -0.1) is 0 Å². The van der Waals surface area contributed by atoms with Crippen molar-refractivity contribution in [3.05, 3.63) is 24.3 Å². The van der Waals surface area contributed by atoms with Crippen molar-refractivity contribution in [3.63, 3.8) is 0 Å². The van der Waals surface area contributed by atoms with Gasteiger partial charge in [0.2, 0.25) is 5.91 Å². The largest absolute Gasteiger partial charge is 0.394 e. The molecule has 3 aliphatic rings. The van der Waals surface area contributed by atoms with E-state index < -0.39 is 124 Å². The maximum atomic E-state index is 13.3. The minimum absolute atomic E-state index is 0.251. The topological polar surface area (TPSA) is 307 Å². The van der Waals surface area contributed by atoms with Gasteiger partial charge in [0.15, 0.2) is 18.9 Å². The fourth-order valence-corrected chi connectivity index (χ4v) is 9.93. The highest BCUT2D eigenvalue weighted by Crippen LogP contribution is 2.33. The van der Waals surface area contributed by atoms with Crippen LogP contribution in [-0.4, -0.2) is 193 Å².